The molecule has 4 fully saturated rings. The maximum Gasteiger partial charge on any atom is 0.305 e. The highest BCUT2D eigenvalue weighted by Crippen LogP contribution is 2.69. The fraction of sp³-hybridized carbons (Fsp3) is 0.897. The summed E-state index contributed by atoms with van der Waals surface area (Å²) in [5.74, 6) is 1.57. The van der Waals surface area contributed by atoms with Crippen LogP contribution in [0, 0.1) is 40.4 Å². The summed E-state index contributed by atoms with van der Waals surface area (Å²) in [5.41, 5.74) is 1.46. The molecule has 0 aromatic rings. The normalized spacial score (nSPS) is 45.7. The second-order valence-electron chi connectivity index (χ2n) is 13.1. The molecule has 1 aliphatic heterocycles. The van der Waals surface area contributed by atoms with E-state index in [1.54, 1.807) is 0 Å². The number of allylic oxidation sites excluding steroid dienone is 2. The molecule has 4 nitrogen and oxygen atoms in total. The first-order valence-corrected chi connectivity index (χ1v) is 13.8. The average Bonchev–Trinajstić information content (AvgIpc) is 3.29. The van der Waals surface area contributed by atoms with Gasteiger partial charge < -0.3 is 14.2 Å². The SMILES string of the molecule is COC(=O)CCC[C@@H](C)[C@H]1CC[C@H]2C3=C(F)C[C@H]4[C@H]5OC(C)(C)O[C@H]5CC[C@]4(C)[C@H]3CC[C@]12C. The summed E-state index contributed by atoms with van der Waals surface area (Å²) in [4.78, 5) is 11.6. The summed E-state index contributed by atoms with van der Waals surface area (Å²) in [6, 6.07) is 0. The molecule has 0 spiro atoms. The number of hydrogen-bond donors (Lipinski definition) is 0. The summed E-state index contributed by atoms with van der Waals surface area (Å²) in [6.45, 7) is 11.2. The highest BCUT2D eigenvalue weighted by Gasteiger charge is 2.63. The Morgan fingerprint density at radius 2 is 1.76 bits per heavy atom. The minimum Gasteiger partial charge on any atom is -0.469 e. The van der Waals surface area contributed by atoms with Crippen LogP contribution in [0.15, 0.2) is 11.4 Å². The molecule has 0 N–H and O–H groups in total. The van der Waals surface area contributed by atoms with Crippen LogP contribution in [0.4, 0.5) is 4.39 Å². The molecule has 0 aromatic carbocycles. The molecule has 5 heteroatoms. The van der Waals surface area contributed by atoms with Gasteiger partial charge in [-0.3, -0.25) is 4.79 Å². The van der Waals surface area contributed by atoms with Gasteiger partial charge in [-0.15, -0.1) is 0 Å². The van der Waals surface area contributed by atoms with Crippen molar-refractivity contribution < 1.29 is 23.4 Å². The molecular formula is C29H45FO4. The van der Waals surface area contributed by atoms with Gasteiger partial charge in [-0.1, -0.05) is 20.8 Å². The maximum absolute atomic E-state index is 16.1. The molecule has 0 amide bonds. The molecule has 0 unspecified atom stereocenters. The van der Waals surface area contributed by atoms with Crippen molar-refractivity contribution in [3.8, 4) is 0 Å². The van der Waals surface area contributed by atoms with Gasteiger partial charge in [0, 0.05) is 12.8 Å². The van der Waals surface area contributed by atoms with Crippen LogP contribution in [-0.2, 0) is 19.0 Å². The van der Waals surface area contributed by atoms with Crippen molar-refractivity contribution in [3.63, 3.8) is 0 Å². The molecule has 0 radical (unpaired) electrons. The molecule has 34 heavy (non-hydrogen) atoms. The summed E-state index contributed by atoms with van der Waals surface area (Å²) in [6.07, 6.45) is 9.77. The summed E-state index contributed by atoms with van der Waals surface area (Å²) >= 11 is 0. The van der Waals surface area contributed by atoms with E-state index < -0.39 is 5.79 Å². The number of fused-ring (bicyclic) bond motifs is 7. The molecule has 0 bridgehead atoms. The van der Waals surface area contributed by atoms with E-state index in [2.05, 4.69) is 20.8 Å². The zero-order valence-electron chi connectivity index (χ0n) is 22.1. The predicted octanol–water partition coefficient (Wildman–Crippen LogP) is 6.97. The van der Waals surface area contributed by atoms with Crippen molar-refractivity contribution in [1.29, 1.82) is 0 Å². The van der Waals surface area contributed by atoms with Gasteiger partial charge in [0.05, 0.1) is 19.3 Å². The molecule has 9 atom stereocenters. The van der Waals surface area contributed by atoms with Gasteiger partial charge in [-0.25, -0.2) is 4.39 Å². The lowest BCUT2D eigenvalue weighted by atomic mass is 9.47. The number of ether oxygens (including phenoxy) is 3. The van der Waals surface area contributed by atoms with E-state index in [9.17, 15) is 4.79 Å². The third kappa shape index (κ3) is 3.79. The number of carbonyl (C=O) groups is 1. The Morgan fingerprint density at radius 3 is 2.50 bits per heavy atom. The molecule has 1 saturated heterocycles. The Morgan fingerprint density at radius 1 is 1.06 bits per heavy atom. The maximum atomic E-state index is 16.1. The standard InChI is InChI=1S/C29H45FO4/c1-17(8-7-9-24(31)32-6)18-10-11-19-25-20(12-14-28(18,19)4)29(5)15-13-23-26(21(29)16-22(25)30)34-27(2,3)33-23/h17-21,23,26H,7-16H2,1-6H3/t17-,18-,19+,20+,21+,23+,26-,28-,29-/m1/s1. The lowest BCUT2D eigenvalue weighted by Crippen LogP contribution is -2.55. The van der Waals surface area contributed by atoms with E-state index in [1.807, 2.05) is 13.8 Å². The van der Waals surface area contributed by atoms with Crippen molar-refractivity contribution in [1.82, 2.24) is 0 Å². The molecule has 5 aliphatic rings. The van der Waals surface area contributed by atoms with Crippen LogP contribution >= 0.6 is 0 Å². The van der Waals surface area contributed by atoms with Crippen LogP contribution in [0.1, 0.15) is 98.8 Å². The lowest BCUT2D eigenvalue weighted by Gasteiger charge is -2.58. The van der Waals surface area contributed by atoms with Crippen LogP contribution in [0.5, 0.6) is 0 Å². The molecule has 0 aromatic heterocycles. The van der Waals surface area contributed by atoms with Gasteiger partial charge >= 0.3 is 5.97 Å². The topological polar surface area (TPSA) is 44.8 Å². The van der Waals surface area contributed by atoms with Crippen LogP contribution in [0.2, 0.25) is 0 Å². The minimum absolute atomic E-state index is 0.0144. The van der Waals surface area contributed by atoms with E-state index in [1.165, 1.54) is 25.5 Å². The Kier molecular flexibility index (Phi) is 6.24. The summed E-state index contributed by atoms with van der Waals surface area (Å²) < 4.78 is 33.5. The third-order valence-electron chi connectivity index (χ3n) is 11.0. The zero-order valence-corrected chi connectivity index (χ0v) is 22.1. The van der Waals surface area contributed by atoms with Gasteiger partial charge in [-0.05, 0) is 111 Å². The first-order valence-electron chi connectivity index (χ1n) is 13.8. The van der Waals surface area contributed by atoms with Crippen LogP contribution in [0.25, 0.3) is 0 Å². The monoisotopic (exact) mass is 476 g/mol. The first-order chi connectivity index (χ1) is 16.0. The van der Waals surface area contributed by atoms with Crippen LogP contribution in [-0.4, -0.2) is 31.1 Å². The van der Waals surface area contributed by atoms with Crippen LogP contribution in [0.3, 0.4) is 0 Å². The Labute approximate surface area is 205 Å². The van der Waals surface area contributed by atoms with E-state index in [0.717, 1.165) is 38.5 Å². The Hall–Kier alpha value is -0.940. The molecule has 3 saturated carbocycles. The van der Waals surface area contributed by atoms with Gasteiger partial charge in [0.1, 0.15) is 5.83 Å². The van der Waals surface area contributed by atoms with Crippen molar-refractivity contribution in [2.75, 3.05) is 7.11 Å². The third-order valence-corrected chi connectivity index (χ3v) is 11.0. The largest absolute Gasteiger partial charge is 0.469 e. The van der Waals surface area contributed by atoms with Gasteiger partial charge in [-0.2, -0.15) is 0 Å². The number of halogens is 1. The predicted molar refractivity (Wildman–Crippen MR) is 129 cm³/mol. The fourth-order valence-electron chi connectivity index (χ4n) is 9.39. The fourth-order valence-corrected chi connectivity index (χ4v) is 9.39. The highest BCUT2D eigenvalue weighted by atomic mass is 19.1. The van der Waals surface area contributed by atoms with Crippen molar-refractivity contribution in [3.05, 3.63) is 11.4 Å². The van der Waals surface area contributed by atoms with Crippen molar-refractivity contribution in [2.24, 2.45) is 40.4 Å². The lowest BCUT2D eigenvalue weighted by molar-refractivity contribution is -0.154. The van der Waals surface area contributed by atoms with E-state index in [-0.39, 0.29) is 40.8 Å². The van der Waals surface area contributed by atoms with Crippen LogP contribution < -0.4 is 0 Å². The average molecular weight is 477 g/mol. The van der Waals surface area contributed by atoms with Crippen molar-refractivity contribution >= 4 is 5.97 Å². The van der Waals surface area contributed by atoms with Crippen molar-refractivity contribution in [2.45, 2.75) is 117 Å². The minimum atomic E-state index is -0.561. The second-order valence-corrected chi connectivity index (χ2v) is 13.1. The number of methoxy groups -OCH3 is 1. The highest BCUT2D eigenvalue weighted by molar-refractivity contribution is 5.68. The summed E-state index contributed by atoms with van der Waals surface area (Å²) in [7, 11) is 1.46. The molecule has 4 aliphatic carbocycles. The molecule has 1 heterocycles. The molecule has 5 rings (SSSR count). The zero-order chi connectivity index (χ0) is 24.5. The van der Waals surface area contributed by atoms with E-state index in [4.69, 9.17) is 14.2 Å². The van der Waals surface area contributed by atoms with Gasteiger partial charge in [0.15, 0.2) is 5.79 Å². The quantitative estimate of drug-likeness (QED) is 0.402. The summed E-state index contributed by atoms with van der Waals surface area (Å²) in [5, 5.41) is 0. The smallest absolute Gasteiger partial charge is 0.305 e. The Balaban J connectivity index is 1.37. The first kappa shape index (κ1) is 24.7. The van der Waals surface area contributed by atoms with Gasteiger partial charge in [0.2, 0.25) is 0 Å². The molecular weight excluding hydrogens is 431 g/mol. The number of rotatable bonds is 5. The number of carbonyl (C=O) groups excluding carboxylic acids is 1. The number of esters is 1. The van der Waals surface area contributed by atoms with E-state index >= 15 is 4.39 Å². The van der Waals surface area contributed by atoms with E-state index in [0.29, 0.717) is 36.5 Å². The second kappa shape index (κ2) is 8.57. The number of hydrogen-bond acceptors (Lipinski definition) is 4. The molecule has 192 valence electrons. The van der Waals surface area contributed by atoms with Gasteiger partial charge in [0.25, 0.3) is 0 Å². The Bertz CT molecular complexity index is 851.